The van der Waals surface area contributed by atoms with Gasteiger partial charge in [0.1, 0.15) is 22.8 Å². The lowest BCUT2D eigenvalue weighted by Crippen LogP contribution is -2.14. The zero-order valence-corrected chi connectivity index (χ0v) is 26.6. The molecule has 49 heavy (non-hydrogen) atoms. The highest BCUT2D eigenvalue weighted by molar-refractivity contribution is 6.22. The number of aliphatic imine (C=N–C) groups is 3. The highest BCUT2D eigenvalue weighted by Crippen LogP contribution is 2.35. The molecule has 0 spiro atoms. The number of nitrogens with zero attached hydrogens (tertiary/aromatic N) is 8. The number of hydrogen-bond donors (Lipinski definition) is 0. The Balaban J connectivity index is 1.37. The summed E-state index contributed by atoms with van der Waals surface area (Å²) >= 11 is 0. The van der Waals surface area contributed by atoms with Gasteiger partial charge >= 0.3 is 0 Å². The molecule has 0 radical (unpaired) electrons. The molecule has 0 saturated heterocycles. The molecule has 0 aliphatic carbocycles. The standard InChI is InChI=1S/C41H28N8/c1-3-4-13-32(42-2)34-19-17-28(24-44-34)38-40-36(22-26-11-5-7-14-30(26)46-40)49-39(29-18-20-35(45-25-29)33-16-9-10-21-43-33)41-37(48-38)23-27-12-6-8-15-31(27)47-41/h3-25H,2H2,1H3/b4-3-,32-13-,40-38?,41-39?,48-37?,48-38-,49-36?,49-39-. The first-order chi connectivity index (χ1) is 24.2. The van der Waals surface area contributed by atoms with Crippen molar-refractivity contribution < 1.29 is 0 Å². The molecule has 1 aliphatic rings. The molecule has 0 amide bonds. The van der Waals surface area contributed by atoms with Crippen LogP contribution in [-0.4, -0.2) is 43.1 Å². The van der Waals surface area contributed by atoms with E-state index in [0.29, 0.717) is 45.6 Å². The van der Waals surface area contributed by atoms with Crippen LogP contribution < -0.4 is 0 Å². The highest BCUT2D eigenvalue weighted by Gasteiger charge is 2.24. The summed E-state index contributed by atoms with van der Waals surface area (Å²) in [7, 11) is 0. The smallest absolute Gasteiger partial charge is 0.116 e. The minimum atomic E-state index is 0.633. The van der Waals surface area contributed by atoms with Gasteiger partial charge in [-0.15, -0.1) is 0 Å². The third-order valence-corrected chi connectivity index (χ3v) is 8.20. The molecule has 0 saturated carbocycles. The lowest BCUT2D eigenvalue weighted by molar-refractivity contribution is 1.22. The maximum Gasteiger partial charge on any atom is 0.116 e. The third-order valence-electron chi connectivity index (χ3n) is 8.20. The van der Waals surface area contributed by atoms with Gasteiger partial charge in [0, 0.05) is 40.5 Å². The van der Waals surface area contributed by atoms with Gasteiger partial charge in [0.15, 0.2) is 0 Å². The van der Waals surface area contributed by atoms with Crippen LogP contribution in [0.3, 0.4) is 0 Å². The average Bonchev–Trinajstić information content (AvgIpc) is 3.16. The van der Waals surface area contributed by atoms with Crippen molar-refractivity contribution in [2.75, 3.05) is 0 Å². The van der Waals surface area contributed by atoms with Gasteiger partial charge in [0.25, 0.3) is 0 Å². The van der Waals surface area contributed by atoms with Gasteiger partial charge in [0.05, 0.1) is 45.2 Å². The fraction of sp³-hybridized carbons (Fsp3) is 0.0244. The molecule has 0 unspecified atom stereocenters. The van der Waals surface area contributed by atoms with Gasteiger partial charge in [-0.1, -0.05) is 54.6 Å². The second kappa shape index (κ2) is 12.8. The molecule has 0 bridgehead atoms. The molecule has 8 rings (SSSR count). The fourth-order valence-corrected chi connectivity index (χ4v) is 5.77. The van der Waals surface area contributed by atoms with Crippen molar-refractivity contribution in [3.8, 4) is 11.4 Å². The largest absolute Gasteiger partial charge is 0.262 e. The first-order valence-corrected chi connectivity index (χ1v) is 15.8. The molecule has 0 N–H and O–H groups in total. The monoisotopic (exact) mass is 632 g/mol. The van der Waals surface area contributed by atoms with Crippen LogP contribution in [0.15, 0.2) is 155 Å². The molecule has 6 heterocycles. The summed E-state index contributed by atoms with van der Waals surface area (Å²) in [5.41, 5.74) is 10.0. The van der Waals surface area contributed by atoms with Gasteiger partial charge in [0.2, 0.25) is 0 Å². The zero-order valence-electron chi connectivity index (χ0n) is 26.6. The van der Waals surface area contributed by atoms with Gasteiger partial charge in [-0.05, 0) is 80.4 Å². The van der Waals surface area contributed by atoms with Crippen molar-refractivity contribution in [3.05, 3.63) is 168 Å². The molecule has 8 heteroatoms. The van der Waals surface area contributed by atoms with Crippen molar-refractivity contribution >= 4 is 57.0 Å². The van der Waals surface area contributed by atoms with E-state index in [-0.39, 0.29) is 0 Å². The first-order valence-electron chi connectivity index (χ1n) is 15.8. The molecule has 7 aromatic rings. The molecular formula is C41H28N8. The summed E-state index contributed by atoms with van der Waals surface area (Å²) in [6.07, 6.45) is 11.1. The number of aromatic nitrogens is 5. The Bertz CT molecular complexity index is 2500. The van der Waals surface area contributed by atoms with Gasteiger partial charge in [-0.3, -0.25) is 19.9 Å². The van der Waals surface area contributed by atoms with Crippen LogP contribution in [0, 0.1) is 0 Å². The molecular weight excluding hydrogens is 605 g/mol. The Morgan fingerprint density at radius 2 is 1.22 bits per heavy atom. The van der Waals surface area contributed by atoms with Gasteiger partial charge < -0.3 is 0 Å². The number of pyridine rings is 5. The quantitative estimate of drug-likeness (QED) is 0.135. The maximum atomic E-state index is 5.33. The van der Waals surface area contributed by atoms with Crippen LogP contribution in [-0.2, 0) is 0 Å². The molecule has 8 nitrogen and oxygen atoms in total. The summed E-state index contributed by atoms with van der Waals surface area (Å²) in [5, 5.41) is 1.92. The Kier molecular flexibility index (Phi) is 7.71. The molecule has 5 aromatic heterocycles. The van der Waals surface area contributed by atoms with E-state index in [1.165, 1.54) is 0 Å². The van der Waals surface area contributed by atoms with E-state index in [2.05, 4.69) is 28.8 Å². The van der Waals surface area contributed by atoms with E-state index in [1.54, 1.807) is 12.4 Å². The van der Waals surface area contributed by atoms with E-state index in [9.17, 15) is 0 Å². The van der Waals surface area contributed by atoms with Crippen LogP contribution in [0.5, 0.6) is 0 Å². The number of fused-ring (bicyclic) bond motifs is 4. The van der Waals surface area contributed by atoms with Crippen LogP contribution in [0.1, 0.15) is 35.1 Å². The predicted octanol–water partition coefficient (Wildman–Crippen LogP) is 8.90. The van der Waals surface area contributed by atoms with E-state index >= 15 is 0 Å². The molecule has 0 atom stereocenters. The fourth-order valence-electron chi connectivity index (χ4n) is 5.77. The lowest BCUT2D eigenvalue weighted by Gasteiger charge is -2.18. The molecule has 232 valence electrons. The highest BCUT2D eigenvalue weighted by atomic mass is 14.9. The summed E-state index contributed by atoms with van der Waals surface area (Å²) < 4.78 is 0. The number of benzene rings is 2. The summed E-state index contributed by atoms with van der Waals surface area (Å²) in [6, 6.07) is 33.8. The maximum absolute atomic E-state index is 5.33. The topological polar surface area (TPSA) is 102 Å². The molecule has 0 fully saturated rings. The van der Waals surface area contributed by atoms with Crippen molar-refractivity contribution in [1.82, 2.24) is 24.9 Å². The number of rotatable bonds is 6. The molecule has 1 aliphatic heterocycles. The zero-order chi connectivity index (χ0) is 33.2. The van der Waals surface area contributed by atoms with Crippen LogP contribution in [0.25, 0.3) is 38.9 Å². The van der Waals surface area contributed by atoms with E-state index in [1.807, 2.05) is 122 Å². The minimum absolute atomic E-state index is 0.633. The number of allylic oxidation sites excluding steroid dienone is 3. The lowest BCUT2D eigenvalue weighted by atomic mass is 10.0. The Morgan fingerprint density at radius 1 is 0.633 bits per heavy atom. The summed E-state index contributed by atoms with van der Waals surface area (Å²) in [6.45, 7) is 5.68. The summed E-state index contributed by atoms with van der Waals surface area (Å²) in [4.78, 5) is 39.1. The van der Waals surface area contributed by atoms with Crippen molar-refractivity contribution in [1.29, 1.82) is 0 Å². The van der Waals surface area contributed by atoms with Crippen molar-refractivity contribution in [3.63, 3.8) is 0 Å². The van der Waals surface area contributed by atoms with E-state index in [4.69, 9.17) is 29.9 Å². The normalized spacial score (nSPS) is 15.1. The van der Waals surface area contributed by atoms with Crippen molar-refractivity contribution in [2.45, 2.75) is 6.92 Å². The molecule has 2 aromatic carbocycles. The number of hydrogen-bond acceptors (Lipinski definition) is 8. The van der Waals surface area contributed by atoms with Crippen molar-refractivity contribution in [2.24, 2.45) is 15.0 Å². The number of para-hydroxylation sites is 2. The minimum Gasteiger partial charge on any atom is -0.262 e. The Hall–Kier alpha value is -6.80. The SMILES string of the molecule is C=N/C(=C\C=C/C)c1ccc(/C2=N/c3cc4ccccc4nc3/C(c3ccc(-c4ccccn4)nc3)=N\c3cc4ccccc4nc32)cn1. The van der Waals surface area contributed by atoms with Crippen LogP contribution >= 0.6 is 0 Å². The first kappa shape index (κ1) is 29.6. The second-order valence-corrected chi connectivity index (χ2v) is 11.3. The second-order valence-electron chi connectivity index (χ2n) is 11.3. The van der Waals surface area contributed by atoms with Crippen LogP contribution in [0.4, 0.5) is 11.4 Å². The Morgan fingerprint density at radius 3 is 1.76 bits per heavy atom. The van der Waals surface area contributed by atoms with E-state index < -0.39 is 0 Å². The van der Waals surface area contributed by atoms with E-state index in [0.717, 1.165) is 44.3 Å². The average molecular weight is 633 g/mol. The van der Waals surface area contributed by atoms with Gasteiger partial charge in [-0.25, -0.2) is 20.0 Å². The van der Waals surface area contributed by atoms with Gasteiger partial charge in [-0.2, -0.15) is 0 Å². The Labute approximate surface area is 282 Å². The van der Waals surface area contributed by atoms with Crippen LogP contribution in [0.2, 0.25) is 0 Å². The summed E-state index contributed by atoms with van der Waals surface area (Å²) in [5.74, 6) is 0. The third kappa shape index (κ3) is 5.72. The predicted molar refractivity (Wildman–Crippen MR) is 198 cm³/mol.